The molecule has 1 unspecified atom stereocenters. The minimum Gasteiger partial charge on any atom is -0.480 e. The van der Waals surface area contributed by atoms with Crippen molar-refractivity contribution in [1.82, 2.24) is 4.90 Å². The minimum atomic E-state index is -0.808. The van der Waals surface area contributed by atoms with Gasteiger partial charge in [-0.1, -0.05) is 30.3 Å². The lowest BCUT2D eigenvalue weighted by molar-refractivity contribution is -0.143. The zero-order chi connectivity index (χ0) is 11.4. The molecular weight excluding hydrogens is 190 g/mol. The molecule has 0 aliphatic heterocycles. The van der Waals surface area contributed by atoms with E-state index >= 15 is 0 Å². The fraction of sp³-hybridized carbons (Fsp3) is 0.417. The lowest BCUT2D eigenvalue weighted by Crippen LogP contribution is -2.35. The summed E-state index contributed by atoms with van der Waals surface area (Å²) >= 11 is 0. The smallest absolute Gasteiger partial charge is 0.325 e. The van der Waals surface area contributed by atoms with Crippen molar-refractivity contribution >= 4 is 5.97 Å². The normalized spacial score (nSPS) is 13.1. The Balaban J connectivity index is 2.99. The fourth-order valence-corrected chi connectivity index (χ4v) is 1.49. The predicted octanol–water partition coefficient (Wildman–Crippen LogP) is 2.15. The molecule has 0 heterocycles. The second-order valence-corrected chi connectivity index (χ2v) is 3.91. The van der Waals surface area contributed by atoms with Gasteiger partial charge in [0.15, 0.2) is 0 Å². The predicted molar refractivity (Wildman–Crippen MR) is 59.7 cm³/mol. The van der Waals surface area contributed by atoms with Crippen LogP contribution in [0.5, 0.6) is 0 Å². The van der Waals surface area contributed by atoms with Gasteiger partial charge in [0.1, 0.15) is 6.04 Å². The fourth-order valence-electron chi connectivity index (χ4n) is 1.49. The molecule has 0 saturated heterocycles. The molecule has 3 nitrogen and oxygen atoms in total. The van der Waals surface area contributed by atoms with Crippen molar-refractivity contribution in [3.63, 3.8) is 0 Å². The molecular formula is C12H17NO2. The Morgan fingerprint density at radius 2 is 1.80 bits per heavy atom. The highest BCUT2D eigenvalue weighted by Crippen LogP contribution is 2.21. The van der Waals surface area contributed by atoms with E-state index in [0.717, 1.165) is 5.56 Å². The molecule has 0 saturated carbocycles. The molecule has 0 spiro atoms. The number of hydrogen-bond donors (Lipinski definition) is 1. The summed E-state index contributed by atoms with van der Waals surface area (Å²) in [6.45, 7) is 3.97. The third-order valence-electron chi connectivity index (χ3n) is 2.57. The molecule has 3 heteroatoms. The lowest BCUT2D eigenvalue weighted by Gasteiger charge is -2.28. The summed E-state index contributed by atoms with van der Waals surface area (Å²) in [5.74, 6) is -0.808. The molecule has 0 bridgehead atoms. The molecule has 1 aromatic carbocycles. The van der Waals surface area contributed by atoms with E-state index in [0.29, 0.717) is 0 Å². The number of hydrogen-bond acceptors (Lipinski definition) is 2. The monoisotopic (exact) mass is 207 g/mol. The van der Waals surface area contributed by atoms with Gasteiger partial charge in [0.05, 0.1) is 0 Å². The largest absolute Gasteiger partial charge is 0.480 e. The molecule has 0 amide bonds. The number of aliphatic carboxylic acids is 1. The maximum absolute atomic E-state index is 11.2. The summed E-state index contributed by atoms with van der Waals surface area (Å²) in [6.07, 6.45) is 0. The van der Waals surface area contributed by atoms with Crippen LogP contribution in [0.3, 0.4) is 0 Å². The molecule has 1 atom stereocenters. The van der Waals surface area contributed by atoms with E-state index in [4.69, 9.17) is 0 Å². The van der Waals surface area contributed by atoms with Crippen molar-refractivity contribution in [2.24, 2.45) is 0 Å². The average Bonchev–Trinajstić information content (AvgIpc) is 2.18. The summed E-state index contributed by atoms with van der Waals surface area (Å²) < 4.78 is 0. The molecule has 1 rings (SSSR count). The van der Waals surface area contributed by atoms with E-state index in [1.165, 1.54) is 0 Å². The third kappa shape index (κ3) is 2.80. The highest BCUT2D eigenvalue weighted by Gasteiger charge is 2.25. The van der Waals surface area contributed by atoms with Crippen LogP contribution < -0.4 is 0 Å². The molecule has 0 aromatic heterocycles. The van der Waals surface area contributed by atoms with E-state index in [1.54, 1.807) is 0 Å². The maximum atomic E-state index is 11.2. The van der Waals surface area contributed by atoms with Crippen molar-refractivity contribution in [2.75, 3.05) is 7.05 Å². The topological polar surface area (TPSA) is 40.5 Å². The molecule has 0 aliphatic rings. The van der Waals surface area contributed by atoms with Crippen LogP contribution in [0.4, 0.5) is 0 Å². The highest BCUT2D eigenvalue weighted by atomic mass is 16.4. The number of benzene rings is 1. The Morgan fingerprint density at radius 1 is 1.27 bits per heavy atom. The molecule has 0 aliphatic carbocycles. The van der Waals surface area contributed by atoms with Gasteiger partial charge in [-0.2, -0.15) is 0 Å². The Bertz CT molecular complexity index is 322. The minimum absolute atomic E-state index is 0.200. The van der Waals surface area contributed by atoms with Gasteiger partial charge in [0.25, 0.3) is 0 Å². The molecule has 0 fully saturated rings. The average molecular weight is 207 g/mol. The quantitative estimate of drug-likeness (QED) is 0.822. The van der Waals surface area contributed by atoms with Crippen molar-refractivity contribution in [1.29, 1.82) is 0 Å². The van der Waals surface area contributed by atoms with E-state index in [9.17, 15) is 9.90 Å². The van der Waals surface area contributed by atoms with E-state index in [2.05, 4.69) is 0 Å². The van der Waals surface area contributed by atoms with Crippen molar-refractivity contribution in [3.8, 4) is 0 Å². The van der Waals surface area contributed by atoms with Crippen molar-refractivity contribution in [2.45, 2.75) is 25.9 Å². The highest BCUT2D eigenvalue weighted by molar-refractivity contribution is 5.75. The second-order valence-electron chi connectivity index (χ2n) is 3.91. The van der Waals surface area contributed by atoms with Gasteiger partial charge in [0.2, 0.25) is 0 Å². The SMILES string of the molecule is CC(C)N(C)C(C(=O)O)c1ccccc1. The molecule has 82 valence electrons. The van der Waals surface area contributed by atoms with Crippen molar-refractivity contribution in [3.05, 3.63) is 35.9 Å². The van der Waals surface area contributed by atoms with Gasteiger partial charge in [-0.25, -0.2) is 0 Å². The van der Waals surface area contributed by atoms with E-state index < -0.39 is 12.0 Å². The van der Waals surface area contributed by atoms with Gasteiger partial charge < -0.3 is 5.11 Å². The number of carboxylic acids is 1. The van der Waals surface area contributed by atoms with Crippen LogP contribution in [0.15, 0.2) is 30.3 Å². The summed E-state index contributed by atoms with van der Waals surface area (Å²) in [5, 5.41) is 9.20. The Labute approximate surface area is 90.3 Å². The van der Waals surface area contributed by atoms with Crippen molar-refractivity contribution < 1.29 is 9.90 Å². The first-order valence-electron chi connectivity index (χ1n) is 5.03. The maximum Gasteiger partial charge on any atom is 0.325 e. The summed E-state index contributed by atoms with van der Waals surface area (Å²) in [5.41, 5.74) is 0.821. The summed E-state index contributed by atoms with van der Waals surface area (Å²) in [7, 11) is 1.83. The van der Waals surface area contributed by atoms with Crippen LogP contribution in [0.1, 0.15) is 25.5 Å². The zero-order valence-electron chi connectivity index (χ0n) is 9.34. The number of likely N-dealkylation sites (N-methyl/N-ethyl adjacent to an activating group) is 1. The first-order valence-corrected chi connectivity index (χ1v) is 5.03. The third-order valence-corrected chi connectivity index (χ3v) is 2.57. The van der Waals surface area contributed by atoms with Crippen LogP contribution >= 0.6 is 0 Å². The standard InChI is InChI=1S/C12H17NO2/c1-9(2)13(3)11(12(14)15)10-7-5-4-6-8-10/h4-9,11H,1-3H3,(H,14,15). The van der Waals surface area contributed by atoms with Gasteiger partial charge in [0, 0.05) is 6.04 Å². The summed E-state index contributed by atoms with van der Waals surface area (Å²) in [4.78, 5) is 13.0. The molecule has 15 heavy (non-hydrogen) atoms. The van der Waals surface area contributed by atoms with Crippen LogP contribution in [0.2, 0.25) is 0 Å². The van der Waals surface area contributed by atoms with Crippen LogP contribution in [0.25, 0.3) is 0 Å². The van der Waals surface area contributed by atoms with Crippen LogP contribution in [0, 0.1) is 0 Å². The van der Waals surface area contributed by atoms with Crippen LogP contribution in [-0.4, -0.2) is 29.1 Å². The molecule has 0 radical (unpaired) electrons. The van der Waals surface area contributed by atoms with E-state index in [1.807, 2.05) is 56.1 Å². The number of carboxylic acid groups (broad SMARTS) is 1. The first kappa shape index (κ1) is 11.7. The zero-order valence-corrected chi connectivity index (χ0v) is 9.34. The van der Waals surface area contributed by atoms with Gasteiger partial charge in [-0.15, -0.1) is 0 Å². The van der Waals surface area contributed by atoms with Gasteiger partial charge in [-0.05, 0) is 26.5 Å². The van der Waals surface area contributed by atoms with E-state index in [-0.39, 0.29) is 6.04 Å². The van der Waals surface area contributed by atoms with Gasteiger partial charge >= 0.3 is 5.97 Å². The Hall–Kier alpha value is -1.35. The van der Waals surface area contributed by atoms with Crippen LogP contribution in [-0.2, 0) is 4.79 Å². The first-order chi connectivity index (χ1) is 7.04. The number of carbonyl (C=O) groups is 1. The number of rotatable bonds is 4. The lowest BCUT2D eigenvalue weighted by atomic mass is 10.0. The number of nitrogens with zero attached hydrogens (tertiary/aromatic N) is 1. The molecule has 1 N–H and O–H groups in total. The second kappa shape index (κ2) is 4.94. The van der Waals surface area contributed by atoms with Gasteiger partial charge in [-0.3, -0.25) is 9.69 Å². The Morgan fingerprint density at radius 3 is 2.20 bits per heavy atom. The summed E-state index contributed by atoms with van der Waals surface area (Å²) in [6, 6.07) is 8.93. The Kier molecular flexibility index (Phi) is 3.86. The molecule has 1 aromatic rings.